The molecule has 3 aromatic heterocycles. The van der Waals surface area contributed by atoms with Gasteiger partial charge in [-0.1, -0.05) is 0 Å². The molecule has 33 heavy (non-hydrogen) atoms. The molecule has 0 bridgehead atoms. The van der Waals surface area contributed by atoms with Crippen LogP contribution in [0.2, 0.25) is 0 Å². The number of hydrogen-bond donors (Lipinski definition) is 2. The smallest absolute Gasteiger partial charge is 0.469 e. The van der Waals surface area contributed by atoms with Gasteiger partial charge < -0.3 is 24.5 Å². The highest BCUT2D eigenvalue weighted by atomic mass is 19.4. The second-order valence-electron chi connectivity index (χ2n) is 6.63. The van der Waals surface area contributed by atoms with Crippen molar-refractivity contribution in [3.05, 3.63) is 66.2 Å². The summed E-state index contributed by atoms with van der Waals surface area (Å²) in [5.74, 6) is -0.209. The third kappa shape index (κ3) is 5.29. The first-order valence-electron chi connectivity index (χ1n) is 9.49. The van der Waals surface area contributed by atoms with Crippen LogP contribution < -0.4 is 20.1 Å². The van der Waals surface area contributed by atoms with Crippen molar-refractivity contribution >= 4 is 28.4 Å². The maximum atomic E-state index is 12.3. The third-order valence-corrected chi connectivity index (χ3v) is 4.37. The van der Waals surface area contributed by atoms with Gasteiger partial charge in [-0.2, -0.15) is 0 Å². The van der Waals surface area contributed by atoms with E-state index in [1.165, 1.54) is 43.8 Å². The highest BCUT2D eigenvalue weighted by Crippen LogP contribution is 2.31. The SMILES string of the molecule is CNC(=O)c1cc(COc2nnc(Nc3ccc(OC(F)(F)F)cc3)c3ccoc23)ccn1. The van der Waals surface area contributed by atoms with E-state index >= 15 is 0 Å². The van der Waals surface area contributed by atoms with E-state index in [1.807, 2.05) is 0 Å². The van der Waals surface area contributed by atoms with Gasteiger partial charge in [0.2, 0.25) is 5.58 Å². The molecule has 0 aliphatic rings. The Hall–Kier alpha value is -4.35. The Morgan fingerprint density at radius 2 is 1.91 bits per heavy atom. The molecule has 0 aliphatic carbocycles. The Balaban J connectivity index is 1.49. The van der Waals surface area contributed by atoms with Gasteiger partial charge >= 0.3 is 6.36 Å². The van der Waals surface area contributed by atoms with E-state index in [1.54, 1.807) is 18.2 Å². The first-order chi connectivity index (χ1) is 15.8. The van der Waals surface area contributed by atoms with Crippen LogP contribution in [-0.2, 0) is 6.61 Å². The molecule has 4 rings (SSSR count). The summed E-state index contributed by atoms with van der Waals surface area (Å²) in [6.45, 7) is 0.0877. The van der Waals surface area contributed by atoms with Crippen LogP contribution in [0.1, 0.15) is 16.1 Å². The summed E-state index contributed by atoms with van der Waals surface area (Å²) in [7, 11) is 1.51. The van der Waals surface area contributed by atoms with Gasteiger partial charge in [-0.15, -0.1) is 23.4 Å². The predicted octanol–water partition coefficient (Wildman–Crippen LogP) is 4.20. The van der Waals surface area contributed by atoms with Gasteiger partial charge in [0.1, 0.15) is 18.1 Å². The molecule has 0 saturated carbocycles. The molecular formula is C21H16F3N5O4. The second kappa shape index (κ2) is 9.02. The zero-order valence-corrected chi connectivity index (χ0v) is 17.0. The van der Waals surface area contributed by atoms with E-state index in [0.717, 1.165) is 0 Å². The standard InChI is InChI=1S/C21H16F3N5O4/c1-25-19(30)16-10-12(6-8-26-16)11-32-20-17-15(7-9-31-17)18(28-29-20)27-13-2-4-14(5-3-13)33-21(22,23)24/h2-10H,11H2,1H3,(H,25,30)(H,27,28). The van der Waals surface area contributed by atoms with Gasteiger partial charge in [-0.3, -0.25) is 9.78 Å². The molecule has 0 spiro atoms. The van der Waals surface area contributed by atoms with Crippen molar-refractivity contribution in [2.45, 2.75) is 13.0 Å². The lowest BCUT2D eigenvalue weighted by molar-refractivity contribution is -0.274. The van der Waals surface area contributed by atoms with Crippen molar-refractivity contribution in [1.29, 1.82) is 0 Å². The lowest BCUT2D eigenvalue weighted by Gasteiger charge is -2.11. The van der Waals surface area contributed by atoms with Crippen LogP contribution in [0.3, 0.4) is 0 Å². The summed E-state index contributed by atoms with van der Waals surface area (Å²) in [5.41, 5.74) is 1.73. The quantitative estimate of drug-likeness (QED) is 0.423. The van der Waals surface area contributed by atoms with Crippen LogP contribution in [0.15, 0.2) is 59.3 Å². The second-order valence-corrected chi connectivity index (χ2v) is 6.63. The average molecular weight is 459 g/mol. The molecule has 0 fully saturated rings. The molecule has 170 valence electrons. The van der Waals surface area contributed by atoms with E-state index in [2.05, 4.69) is 30.6 Å². The minimum absolute atomic E-state index is 0.0877. The highest BCUT2D eigenvalue weighted by Gasteiger charge is 2.31. The van der Waals surface area contributed by atoms with Gasteiger partial charge in [-0.05, 0) is 48.0 Å². The zero-order chi connectivity index (χ0) is 23.4. The van der Waals surface area contributed by atoms with Crippen molar-refractivity contribution in [3.63, 3.8) is 0 Å². The Morgan fingerprint density at radius 1 is 1.12 bits per heavy atom. The maximum Gasteiger partial charge on any atom is 0.573 e. The summed E-state index contributed by atoms with van der Waals surface area (Å²) in [5, 5.41) is 14.1. The number of carbonyl (C=O) groups excluding carboxylic acids is 1. The Morgan fingerprint density at radius 3 is 2.64 bits per heavy atom. The van der Waals surface area contributed by atoms with Crippen molar-refractivity contribution in [2.75, 3.05) is 12.4 Å². The topological polar surface area (TPSA) is 111 Å². The first-order valence-corrected chi connectivity index (χ1v) is 9.49. The molecule has 2 N–H and O–H groups in total. The molecule has 0 aliphatic heterocycles. The molecule has 12 heteroatoms. The summed E-state index contributed by atoms with van der Waals surface area (Å²) >= 11 is 0. The fourth-order valence-corrected chi connectivity index (χ4v) is 2.89. The van der Waals surface area contributed by atoms with Crippen LogP contribution in [0.25, 0.3) is 11.0 Å². The van der Waals surface area contributed by atoms with Crippen molar-refractivity contribution in [1.82, 2.24) is 20.5 Å². The number of hydrogen-bond acceptors (Lipinski definition) is 8. The van der Waals surface area contributed by atoms with Crippen LogP contribution in [0.5, 0.6) is 11.6 Å². The Kier molecular flexibility index (Phi) is 5.98. The third-order valence-electron chi connectivity index (χ3n) is 4.37. The first kappa shape index (κ1) is 21.9. The van der Waals surface area contributed by atoms with Gasteiger partial charge in [0.15, 0.2) is 5.82 Å². The van der Waals surface area contributed by atoms with Crippen LogP contribution in [0.4, 0.5) is 24.7 Å². The lowest BCUT2D eigenvalue weighted by Crippen LogP contribution is -2.19. The van der Waals surface area contributed by atoms with Crippen LogP contribution >= 0.6 is 0 Å². The number of rotatable bonds is 7. The number of carbonyl (C=O) groups is 1. The number of fused-ring (bicyclic) bond motifs is 1. The summed E-state index contributed by atoms with van der Waals surface area (Å²) in [6.07, 6.45) is -1.84. The number of anilines is 2. The lowest BCUT2D eigenvalue weighted by atomic mass is 10.2. The molecule has 9 nitrogen and oxygen atoms in total. The predicted molar refractivity (Wildman–Crippen MR) is 110 cm³/mol. The van der Waals surface area contributed by atoms with E-state index in [9.17, 15) is 18.0 Å². The van der Waals surface area contributed by atoms with E-state index in [4.69, 9.17) is 9.15 Å². The summed E-state index contributed by atoms with van der Waals surface area (Å²) in [6, 6.07) is 10.1. The van der Waals surface area contributed by atoms with E-state index in [0.29, 0.717) is 28.0 Å². The van der Waals surface area contributed by atoms with Gasteiger partial charge in [0.05, 0.1) is 11.6 Å². The Bertz CT molecular complexity index is 1280. The number of halogens is 3. The minimum Gasteiger partial charge on any atom is -0.469 e. The van der Waals surface area contributed by atoms with Gasteiger partial charge in [0.25, 0.3) is 11.8 Å². The van der Waals surface area contributed by atoms with E-state index < -0.39 is 6.36 Å². The number of amides is 1. The molecule has 4 aromatic rings. The summed E-state index contributed by atoms with van der Waals surface area (Å²) in [4.78, 5) is 15.7. The largest absolute Gasteiger partial charge is 0.573 e. The molecule has 3 heterocycles. The molecule has 0 radical (unpaired) electrons. The number of ether oxygens (including phenoxy) is 2. The minimum atomic E-state index is -4.76. The number of pyridine rings is 1. The molecule has 1 amide bonds. The van der Waals surface area contributed by atoms with Crippen LogP contribution in [0, 0.1) is 0 Å². The van der Waals surface area contributed by atoms with Crippen LogP contribution in [-0.4, -0.2) is 34.5 Å². The normalized spacial score (nSPS) is 11.3. The van der Waals surface area contributed by atoms with Gasteiger partial charge in [0, 0.05) is 18.9 Å². The molecule has 1 aromatic carbocycles. The fraction of sp³-hybridized carbons (Fsp3) is 0.143. The zero-order valence-electron chi connectivity index (χ0n) is 17.0. The molecule has 0 saturated heterocycles. The molecular weight excluding hydrogens is 443 g/mol. The van der Waals surface area contributed by atoms with Gasteiger partial charge in [-0.25, -0.2) is 0 Å². The number of alkyl halides is 3. The summed E-state index contributed by atoms with van der Waals surface area (Å²) < 4.78 is 52.0. The molecule has 0 atom stereocenters. The van der Waals surface area contributed by atoms with Crippen molar-refractivity contribution in [2.24, 2.45) is 0 Å². The van der Waals surface area contributed by atoms with E-state index in [-0.39, 0.29) is 29.8 Å². The number of nitrogens with zero attached hydrogens (tertiary/aromatic N) is 3. The molecule has 0 unspecified atom stereocenters. The van der Waals surface area contributed by atoms with Crippen molar-refractivity contribution in [3.8, 4) is 11.6 Å². The van der Waals surface area contributed by atoms with Crippen molar-refractivity contribution < 1.29 is 31.9 Å². The fourth-order valence-electron chi connectivity index (χ4n) is 2.89. The number of benzene rings is 1. The monoisotopic (exact) mass is 459 g/mol. The number of nitrogens with one attached hydrogen (secondary N) is 2. The average Bonchev–Trinajstić information content (AvgIpc) is 3.29. The number of aromatic nitrogens is 3. The highest BCUT2D eigenvalue weighted by molar-refractivity contribution is 5.92. The Labute approximate surface area is 184 Å². The number of furan rings is 1. The maximum absolute atomic E-state index is 12.3.